The van der Waals surface area contributed by atoms with Crippen LogP contribution in [0.2, 0.25) is 10.0 Å². The van der Waals surface area contributed by atoms with Crippen LogP contribution >= 0.6 is 23.2 Å². The molecule has 0 radical (unpaired) electrons. The number of nitrogens with one attached hydrogen (secondary N) is 1. The van der Waals surface area contributed by atoms with Gasteiger partial charge in [0, 0.05) is 23.3 Å². The van der Waals surface area contributed by atoms with Crippen LogP contribution in [0, 0.1) is 0 Å². The van der Waals surface area contributed by atoms with Crippen molar-refractivity contribution in [2.45, 2.75) is 24.8 Å². The number of ketones is 1. The molecule has 0 saturated carbocycles. The summed E-state index contributed by atoms with van der Waals surface area (Å²) in [6.45, 7) is 0. The van der Waals surface area contributed by atoms with Crippen molar-refractivity contribution in [1.29, 1.82) is 0 Å². The lowest BCUT2D eigenvalue weighted by molar-refractivity contribution is -0.116. The molecule has 0 fully saturated rings. The van der Waals surface area contributed by atoms with Crippen molar-refractivity contribution in [3.8, 4) is 17.2 Å². The predicted octanol–water partition coefficient (Wildman–Crippen LogP) is 5.03. The Morgan fingerprint density at radius 2 is 1.79 bits per heavy atom. The number of fused-ring (bicyclic) bond motifs is 1. The summed E-state index contributed by atoms with van der Waals surface area (Å²) in [4.78, 5) is 18.0. The van der Waals surface area contributed by atoms with E-state index in [0.717, 1.165) is 11.3 Å². The number of Topliss-reactive ketones (excluding diaryl/α,β-unsaturated/α-hetero) is 1. The highest BCUT2D eigenvalue weighted by Crippen LogP contribution is 2.48. The zero-order chi connectivity index (χ0) is 24.0. The van der Waals surface area contributed by atoms with Gasteiger partial charge in [-0.1, -0.05) is 35.3 Å². The predicted molar refractivity (Wildman–Crippen MR) is 128 cm³/mol. The highest BCUT2D eigenvalue weighted by Gasteiger charge is 2.40. The first kappa shape index (κ1) is 22.6. The molecule has 2 aromatic carbocycles. The van der Waals surface area contributed by atoms with Gasteiger partial charge in [-0.15, -0.1) is 0 Å². The van der Waals surface area contributed by atoms with Gasteiger partial charge in [-0.05, 0) is 36.1 Å². The number of carbonyl (C=O) groups is 1. The standard InChI is InChI=1S/C24H22Cl2N4O4/c1-32-18-9-13(10-19(33-2)23(18)34-3)12-7-16-20(17(31)8-12)22(30-24(29-16)27-11-28-30)14-5-4-6-15(25)21(14)26/h4-6,9-12,22H,7-8H2,1-3H3,(H,27,28,29)/t12-,22-/m0/s1. The molecule has 10 heteroatoms. The van der Waals surface area contributed by atoms with Crippen LogP contribution in [-0.4, -0.2) is 41.9 Å². The number of hydrogen-bond acceptors (Lipinski definition) is 7. The molecule has 2 aliphatic rings. The summed E-state index contributed by atoms with van der Waals surface area (Å²) in [7, 11) is 4.70. The van der Waals surface area contributed by atoms with Crippen LogP contribution < -0.4 is 19.5 Å². The second-order valence-electron chi connectivity index (χ2n) is 8.08. The molecule has 0 bridgehead atoms. The first-order chi connectivity index (χ1) is 16.5. The Hall–Kier alpha value is -3.23. The van der Waals surface area contributed by atoms with Gasteiger partial charge in [-0.3, -0.25) is 4.79 Å². The number of rotatable bonds is 5. The lowest BCUT2D eigenvalue weighted by Crippen LogP contribution is -2.33. The van der Waals surface area contributed by atoms with Gasteiger partial charge in [0.05, 0.1) is 31.4 Å². The van der Waals surface area contributed by atoms with Gasteiger partial charge in [0.2, 0.25) is 11.7 Å². The normalized spacial score (nSPS) is 19.3. The molecule has 1 aliphatic carbocycles. The lowest BCUT2D eigenvalue weighted by atomic mass is 9.77. The number of nitrogens with zero attached hydrogens (tertiary/aromatic N) is 3. The Balaban J connectivity index is 1.60. The van der Waals surface area contributed by atoms with Crippen LogP contribution in [0.5, 0.6) is 17.2 Å². The minimum atomic E-state index is -0.520. The molecule has 176 valence electrons. The molecule has 2 atom stereocenters. The molecule has 3 aromatic rings. The zero-order valence-electron chi connectivity index (χ0n) is 18.8. The number of ether oxygens (including phenoxy) is 3. The van der Waals surface area contributed by atoms with Gasteiger partial charge in [-0.25, -0.2) is 4.68 Å². The highest BCUT2D eigenvalue weighted by molar-refractivity contribution is 6.42. The molecule has 0 unspecified atom stereocenters. The smallest absolute Gasteiger partial charge is 0.226 e. The van der Waals surface area contributed by atoms with Crippen molar-refractivity contribution < 1.29 is 19.0 Å². The maximum Gasteiger partial charge on any atom is 0.226 e. The van der Waals surface area contributed by atoms with Crippen LogP contribution in [0.15, 0.2) is 47.9 Å². The van der Waals surface area contributed by atoms with Crippen LogP contribution in [-0.2, 0) is 4.79 Å². The molecule has 0 amide bonds. The third kappa shape index (κ3) is 3.58. The third-order valence-corrected chi connectivity index (χ3v) is 7.13. The van der Waals surface area contributed by atoms with E-state index in [1.54, 1.807) is 32.1 Å². The summed E-state index contributed by atoms with van der Waals surface area (Å²) in [5, 5.41) is 8.48. The first-order valence-electron chi connectivity index (χ1n) is 10.6. The second-order valence-corrected chi connectivity index (χ2v) is 8.86. The molecular formula is C24H22Cl2N4O4. The third-order valence-electron chi connectivity index (χ3n) is 6.30. The number of methoxy groups -OCH3 is 3. The van der Waals surface area contributed by atoms with Crippen molar-refractivity contribution in [3.63, 3.8) is 0 Å². The minimum absolute atomic E-state index is 0.00491. The van der Waals surface area contributed by atoms with E-state index in [4.69, 9.17) is 37.4 Å². The van der Waals surface area contributed by atoms with Crippen molar-refractivity contribution in [3.05, 3.63) is 69.1 Å². The molecule has 0 saturated heterocycles. The molecule has 1 N–H and O–H groups in total. The summed E-state index contributed by atoms with van der Waals surface area (Å²) in [6, 6.07) is 8.65. The largest absolute Gasteiger partial charge is 0.493 e. The number of hydrogen-bond donors (Lipinski definition) is 1. The maximum atomic E-state index is 13.6. The van der Waals surface area contributed by atoms with Gasteiger partial charge in [0.15, 0.2) is 17.3 Å². The topological polar surface area (TPSA) is 87.5 Å². The monoisotopic (exact) mass is 500 g/mol. The van der Waals surface area contributed by atoms with Crippen LogP contribution in [0.4, 0.5) is 5.95 Å². The van der Waals surface area contributed by atoms with E-state index in [1.807, 2.05) is 24.3 Å². The Labute approximate surface area is 206 Å². The molecular weight excluding hydrogens is 479 g/mol. The molecule has 8 nitrogen and oxygen atoms in total. The zero-order valence-corrected chi connectivity index (χ0v) is 20.3. The van der Waals surface area contributed by atoms with E-state index in [1.165, 1.54) is 6.33 Å². The summed E-state index contributed by atoms with van der Waals surface area (Å²) < 4.78 is 18.1. The minimum Gasteiger partial charge on any atom is -0.493 e. The molecule has 1 aromatic heterocycles. The average molecular weight is 501 g/mol. The van der Waals surface area contributed by atoms with E-state index in [0.29, 0.717) is 57.2 Å². The Bertz CT molecular complexity index is 1300. The molecule has 1 aliphatic heterocycles. The molecule has 2 heterocycles. The van der Waals surface area contributed by atoms with Crippen molar-refractivity contribution >= 4 is 34.9 Å². The van der Waals surface area contributed by atoms with Crippen molar-refractivity contribution in [2.75, 3.05) is 26.6 Å². The quantitative estimate of drug-likeness (QED) is 0.525. The fourth-order valence-electron chi connectivity index (χ4n) is 4.74. The summed E-state index contributed by atoms with van der Waals surface area (Å²) in [5.41, 5.74) is 3.03. The van der Waals surface area contributed by atoms with E-state index in [-0.39, 0.29) is 11.7 Å². The van der Waals surface area contributed by atoms with E-state index in [2.05, 4.69) is 15.4 Å². The number of allylic oxidation sites excluding steroid dienone is 2. The molecule has 34 heavy (non-hydrogen) atoms. The van der Waals surface area contributed by atoms with Gasteiger partial charge < -0.3 is 19.5 Å². The van der Waals surface area contributed by atoms with Crippen molar-refractivity contribution in [1.82, 2.24) is 14.8 Å². The Kier molecular flexibility index (Phi) is 5.87. The van der Waals surface area contributed by atoms with Crippen LogP contribution in [0.25, 0.3) is 0 Å². The summed E-state index contributed by atoms with van der Waals surface area (Å²) in [6.07, 6.45) is 2.34. The number of benzene rings is 2. The van der Waals surface area contributed by atoms with E-state index >= 15 is 0 Å². The highest BCUT2D eigenvalue weighted by atomic mass is 35.5. The SMILES string of the molecule is COc1cc([C@@H]2CC(=O)C3=C(C2)Nc2ncnn2[C@H]3c2cccc(Cl)c2Cl)cc(OC)c1OC. The first-order valence-corrected chi connectivity index (χ1v) is 11.4. The van der Waals surface area contributed by atoms with E-state index in [9.17, 15) is 4.79 Å². The number of anilines is 1. The van der Waals surface area contributed by atoms with Gasteiger partial charge >= 0.3 is 0 Å². The second kappa shape index (κ2) is 8.85. The van der Waals surface area contributed by atoms with Crippen LogP contribution in [0.3, 0.4) is 0 Å². The number of carbonyl (C=O) groups excluding carboxylic acids is 1. The fourth-order valence-corrected chi connectivity index (χ4v) is 5.16. The van der Waals surface area contributed by atoms with E-state index < -0.39 is 6.04 Å². The maximum absolute atomic E-state index is 13.6. The van der Waals surface area contributed by atoms with Gasteiger partial charge in [0.1, 0.15) is 12.4 Å². The van der Waals surface area contributed by atoms with Crippen molar-refractivity contribution in [2.24, 2.45) is 0 Å². The Morgan fingerprint density at radius 3 is 2.47 bits per heavy atom. The van der Waals surface area contributed by atoms with Gasteiger partial charge in [-0.2, -0.15) is 10.1 Å². The summed E-state index contributed by atoms with van der Waals surface area (Å²) in [5.74, 6) is 2.04. The molecule has 0 spiro atoms. The molecule has 5 rings (SSSR count). The number of aromatic nitrogens is 3. The Morgan fingerprint density at radius 1 is 1.06 bits per heavy atom. The fraction of sp³-hybridized carbons (Fsp3) is 0.292. The average Bonchev–Trinajstić information content (AvgIpc) is 3.31. The number of halogens is 2. The summed E-state index contributed by atoms with van der Waals surface area (Å²) >= 11 is 12.9. The van der Waals surface area contributed by atoms with Crippen LogP contribution in [0.1, 0.15) is 35.9 Å². The van der Waals surface area contributed by atoms with Gasteiger partial charge in [0.25, 0.3) is 0 Å². The lowest BCUT2D eigenvalue weighted by Gasteiger charge is -2.35.